The molecule has 2 aromatic rings. The lowest BCUT2D eigenvalue weighted by molar-refractivity contribution is -0.114. The maximum absolute atomic E-state index is 12.5. The van der Waals surface area contributed by atoms with Crippen LogP contribution in [0.25, 0.3) is 0 Å². The van der Waals surface area contributed by atoms with Gasteiger partial charge in [-0.3, -0.25) is 4.79 Å². The molecular formula is C20H25N3O4. The molecule has 0 bridgehead atoms. The first-order valence-corrected chi connectivity index (χ1v) is 8.51. The zero-order valence-electron chi connectivity index (χ0n) is 16.2. The molecule has 7 heteroatoms. The van der Waals surface area contributed by atoms with E-state index in [9.17, 15) is 9.59 Å². The molecule has 3 amide bonds. The van der Waals surface area contributed by atoms with Gasteiger partial charge >= 0.3 is 6.03 Å². The zero-order chi connectivity index (χ0) is 20.0. The van der Waals surface area contributed by atoms with E-state index < -0.39 is 6.03 Å². The molecule has 1 unspecified atom stereocenters. The Labute approximate surface area is 159 Å². The van der Waals surface area contributed by atoms with Crippen molar-refractivity contribution in [1.82, 2.24) is 5.32 Å². The van der Waals surface area contributed by atoms with Gasteiger partial charge in [-0.2, -0.15) is 0 Å². The minimum absolute atomic E-state index is 0.198. The number of urea groups is 1. The van der Waals surface area contributed by atoms with Crippen LogP contribution in [0.5, 0.6) is 11.5 Å². The average molecular weight is 371 g/mol. The van der Waals surface area contributed by atoms with Crippen LogP contribution in [-0.2, 0) is 4.79 Å². The Hall–Kier alpha value is -3.22. The highest BCUT2D eigenvalue weighted by Crippen LogP contribution is 2.29. The molecule has 0 fully saturated rings. The first-order valence-electron chi connectivity index (χ1n) is 8.51. The summed E-state index contributed by atoms with van der Waals surface area (Å²) in [6.07, 6.45) is 0. The molecule has 0 aliphatic rings. The van der Waals surface area contributed by atoms with Crippen LogP contribution in [0.1, 0.15) is 31.0 Å². The summed E-state index contributed by atoms with van der Waals surface area (Å²) >= 11 is 0. The fraction of sp³-hybridized carbons (Fsp3) is 0.300. The lowest BCUT2D eigenvalue weighted by Crippen LogP contribution is -2.31. The van der Waals surface area contributed by atoms with E-state index >= 15 is 0 Å². The summed E-state index contributed by atoms with van der Waals surface area (Å²) in [5.74, 6) is 0.995. The Morgan fingerprint density at radius 2 is 1.63 bits per heavy atom. The van der Waals surface area contributed by atoms with Gasteiger partial charge in [-0.05, 0) is 38.1 Å². The quantitative estimate of drug-likeness (QED) is 0.719. The molecule has 0 spiro atoms. The molecule has 0 saturated heterocycles. The molecule has 0 aliphatic heterocycles. The Bertz CT molecular complexity index is 836. The first-order chi connectivity index (χ1) is 12.8. The minimum Gasteiger partial charge on any atom is -0.496 e. The summed E-state index contributed by atoms with van der Waals surface area (Å²) < 4.78 is 10.7. The predicted octanol–water partition coefficient (Wildman–Crippen LogP) is 3.85. The Morgan fingerprint density at radius 3 is 2.26 bits per heavy atom. The van der Waals surface area contributed by atoms with Crippen LogP contribution in [0, 0.1) is 6.92 Å². The lowest BCUT2D eigenvalue weighted by atomic mass is 10.0. The molecule has 0 saturated carbocycles. The van der Waals surface area contributed by atoms with Gasteiger partial charge < -0.3 is 25.4 Å². The molecule has 2 aromatic carbocycles. The van der Waals surface area contributed by atoms with Crippen LogP contribution in [0.15, 0.2) is 36.4 Å². The predicted molar refractivity (Wildman–Crippen MR) is 106 cm³/mol. The molecule has 27 heavy (non-hydrogen) atoms. The number of hydrogen-bond acceptors (Lipinski definition) is 4. The van der Waals surface area contributed by atoms with Crippen LogP contribution < -0.4 is 25.4 Å². The summed E-state index contributed by atoms with van der Waals surface area (Å²) in [4.78, 5) is 23.7. The third-order valence-corrected chi connectivity index (χ3v) is 3.97. The van der Waals surface area contributed by atoms with Crippen molar-refractivity contribution in [3.05, 3.63) is 47.5 Å². The van der Waals surface area contributed by atoms with Gasteiger partial charge in [0.15, 0.2) is 0 Å². The van der Waals surface area contributed by atoms with Crippen LogP contribution in [0.2, 0.25) is 0 Å². The highest BCUT2D eigenvalue weighted by atomic mass is 16.5. The molecule has 0 aliphatic carbocycles. The molecule has 1 atom stereocenters. The highest BCUT2D eigenvalue weighted by Gasteiger charge is 2.16. The minimum atomic E-state index is -0.399. The molecule has 7 nitrogen and oxygen atoms in total. The lowest BCUT2D eigenvalue weighted by Gasteiger charge is -2.19. The smallest absolute Gasteiger partial charge is 0.319 e. The first kappa shape index (κ1) is 20.1. The number of aryl methyl sites for hydroxylation is 1. The van der Waals surface area contributed by atoms with Crippen LogP contribution in [0.3, 0.4) is 0 Å². The summed E-state index contributed by atoms with van der Waals surface area (Å²) in [6.45, 7) is 5.27. The van der Waals surface area contributed by atoms with Crippen molar-refractivity contribution in [2.24, 2.45) is 0 Å². The molecule has 144 valence electrons. The SMILES string of the molecule is COc1ccc(NC(C)=O)cc1NC(=O)NC(C)c1cc(C)ccc1OC. The van der Waals surface area contributed by atoms with Crippen molar-refractivity contribution < 1.29 is 19.1 Å². The van der Waals surface area contributed by atoms with E-state index in [0.717, 1.165) is 11.1 Å². The zero-order valence-corrected chi connectivity index (χ0v) is 16.2. The van der Waals surface area contributed by atoms with E-state index in [1.54, 1.807) is 25.3 Å². The average Bonchev–Trinajstić information content (AvgIpc) is 2.61. The van der Waals surface area contributed by atoms with Crippen molar-refractivity contribution in [3.8, 4) is 11.5 Å². The monoisotopic (exact) mass is 371 g/mol. The number of benzene rings is 2. The van der Waals surface area contributed by atoms with E-state index in [2.05, 4.69) is 16.0 Å². The van der Waals surface area contributed by atoms with E-state index in [1.807, 2.05) is 32.0 Å². The Balaban J connectivity index is 2.15. The summed E-state index contributed by atoms with van der Waals surface area (Å²) in [5.41, 5.74) is 2.97. The second-order valence-corrected chi connectivity index (χ2v) is 6.16. The van der Waals surface area contributed by atoms with Gasteiger partial charge in [0.25, 0.3) is 0 Å². The normalized spacial score (nSPS) is 11.3. The van der Waals surface area contributed by atoms with Gasteiger partial charge in [0, 0.05) is 18.2 Å². The maximum atomic E-state index is 12.5. The number of rotatable bonds is 6. The molecular weight excluding hydrogens is 346 g/mol. The van der Waals surface area contributed by atoms with Gasteiger partial charge in [-0.15, -0.1) is 0 Å². The van der Waals surface area contributed by atoms with Crippen molar-refractivity contribution in [1.29, 1.82) is 0 Å². The molecule has 2 rings (SSSR count). The number of methoxy groups -OCH3 is 2. The fourth-order valence-corrected chi connectivity index (χ4v) is 2.71. The molecule has 3 N–H and O–H groups in total. The maximum Gasteiger partial charge on any atom is 0.319 e. The largest absolute Gasteiger partial charge is 0.496 e. The summed E-state index contributed by atoms with van der Waals surface area (Å²) in [6, 6.07) is 10.1. The fourth-order valence-electron chi connectivity index (χ4n) is 2.71. The van der Waals surface area contributed by atoms with E-state index in [1.165, 1.54) is 14.0 Å². The van der Waals surface area contributed by atoms with Crippen molar-refractivity contribution in [3.63, 3.8) is 0 Å². The number of nitrogens with one attached hydrogen (secondary N) is 3. The third-order valence-electron chi connectivity index (χ3n) is 3.97. The standard InChI is InChI=1S/C20H25N3O4/c1-12-6-8-18(26-4)16(10-12)13(2)21-20(25)23-17-11-15(22-14(3)24)7-9-19(17)27-5/h6-11,13H,1-5H3,(H,22,24)(H2,21,23,25). The van der Waals surface area contributed by atoms with Gasteiger partial charge in [0.2, 0.25) is 5.91 Å². The number of carbonyl (C=O) groups excluding carboxylic acids is 2. The Kier molecular flexibility index (Phi) is 6.65. The van der Waals surface area contributed by atoms with E-state index in [-0.39, 0.29) is 11.9 Å². The van der Waals surface area contributed by atoms with Crippen LogP contribution >= 0.6 is 0 Å². The highest BCUT2D eigenvalue weighted by molar-refractivity contribution is 5.94. The van der Waals surface area contributed by atoms with Gasteiger partial charge in [-0.25, -0.2) is 4.79 Å². The van der Waals surface area contributed by atoms with Crippen molar-refractivity contribution in [2.75, 3.05) is 24.9 Å². The number of anilines is 2. The molecule has 0 heterocycles. The number of ether oxygens (including phenoxy) is 2. The number of carbonyl (C=O) groups is 2. The Morgan fingerprint density at radius 1 is 0.963 bits per heavy atom. The van der Waals surface area contributed by atoms with Gasteiger partial charge in [0.05, 0.1) is 25.9 Å². The van der Waals surface area contributed by atoms with Crippen LogP contribution in [0.4, 0.5) is 16.2 Å². The second kappa shape index (κ2) is 8.93. The van der Waals surface area contributed by atoms with Crippen LogP contribution in [-0.4, -0.2) is 26.2 Å². The number of amides is 3. The van der Waals surface area contributed by atoms with E-state index in [4.69, 9.17) is 9.47 Å². The third kappa shape index (κ3) is 5.37. The van der Waals surface area contributed by atoms with Gasteiger partial charge in [0.1, 0.15) is 11.5 Å². The summed E-state index contributed by atoms with van der Waals surface area (Å²) in [7, 11) is 3.11. The van der Waals surface area contributed by atoms with Gasteiger partial charge in [-0.1, -0.05) is 17.7 Å². The van der Waals surface area contributed by atoms with E-state index in [0.29, 0.717) is 22.9 Å². The topological polar surface area (TPSA) is 88.7 Å². The molecule has 0 radical (unpaired) electrons. The van der Waals surface area contributed by atoms with Crippen molar-refractivity contribution >= 4 is 23.3 Å². The second-order valence-electron chi connectivity index (χ2n) is 6.16. The number of hydrogen-bond donors (Lipinski definition) is 3. The van der Waals surface area contributed by atoms with Crippen molar-refractivity contribution in [2.45, 2.75) is 26.8 Å². The summed E-state index contributed by atoms with van der Waals surface area (Å²) in [5, 5.41) is 8.32. The molecule has 0 aromatic heterocycles.